The molecule has 0 amide bonds. The van der Waals surface area contributed by atoms with Crippen LogP contribution in [0.3, 0.4) is 0 Å². The van der Waals surface area contributed by atoms with Crippen LogP contribution in [0.5, 0.6) is 0 Å². The van der Waals surface area contributed by atoms with Crippen molar-refractivity contribution in [2.24, 2.45) is 0 Å². The van der Waals surface area contributed by atoms with Gasteiger partial charge in [0.1, 0.15) is 5.82 Å². The van der Waals surface area contributed by atoms with Gasteiger partial charge in [0.2, 0.25) is 0 Å². The zero-order chi connectivity index (χ0) is 13.0. The fourth-order valence-electron chi connectivity index (χ4n) is 1.75. The summed E-state index contributed by atoms with van der Waals surface area (Å²) < 4.78 is 13.1. The van der Waals surface area contributed by atoms with Crippen LogP contribution in [-0.4, -0.2) is 32.0 Å². The molecule has 5 nitrogen and oxygen atoms in total. The molecule has 1 heterocycles. The molecule has 0 saturated heterocycles. The number of rotatable bonds is 6. The summed E-state index contributed by atoms with van der Waals surface area (Å²) >= 11 is 0. The maximum absolute atomic E-state index is 11.2. The van der Waals surface area contributed by atoms with Crippen LogP contribution in [-0.2, 0) is 17.3 Å². The number of aromatic nitrogens is 2. The first-order valence-corrected chi connectivity index (χ1v) is 7.57. The van der Waals surface area contributed by atoms with Gasteiger partial charge < -0.3 is 11.1 Å². The van der Waals surface area contributed by atoms with E-state index in [1.807, 2.05) is 18.5 Å². The predicted molar refractivity (Wildman–Crippen MR) is 73.7 cm³/mol. The van der Waals surface area contributed by atoms with Crippen LogP contribution >= 0.6 is 0 Å². The smallest absolute Gasteiger partial charge is 0.148 e. The van der Waals surface area contributed by atoms with Crippen LogP contribution in [0, 0.1) is 6.92 Å². The summed E-state index contributed by atoms with van der Waals surface area (Å²) in [5.41, 5.74) is 7.52. The number of aryl methyl sites for hydroxylation is 2. The molecule has 98 valence electrons. The lowest BCUT2D eigenvalue weighted by atomic mass is 10.3. The van der Waals surface area contributed by atoms with Crippen molar-refractivity contribution in [1.29, 1.82) is 0 Å². The Kier molecular flexibility index (Phi) is 4.99. The Morgan fingerprint density at radius 3 is 2.76 bits per heavy atom. The van der Waals surface area contributed by atoms with Crippen molar-refractivity contribution in [3.63, 3.8) is 0 Å². The molecule has 0 aliphatic carbocycles. The molecular weight excluding hydrogens is 236 g/mol. The molecule has 0 aliphatic heterocycles. The summed E-state index contributed by atoms with van der Waals surface area (Å²) in [5, 5.41) is 7.68. The lowest BCUT2D eigenvalue weighted by Crippen LogP contribution is -2.24. The van der Waals surface area contributed by atoms with Crippen LogP contribution in [0.1, 0.15) is 26.0 Å². The van der Waals surface area contributed by atoms with E-state index in [1.54, 1.807) is 6.26 Å². The first kappa shape index (κ1) is 14.0. The summed E-state index contributed by atoms with van der Waals surface area (Å²) in [5.74, 6) is 1.46. The largest absolute Gasteiger partial charge is 0.394 e. The highest BCUT2D eigenvalue weighted by Gasteiger charge is 2.14. The zero-order valence-corrected chi connectivity index (χ0v) is 11.8. The SMILES string of the molecule is CCCn1nc(C)c(N)c1NC(C)CS(C)=O. The molecule has 6 heteroatoms. The standard InChI is InChI=1S/C11H22N4OS/c1-5-6-15-11(10(12)9(3)14-15)13-8(2)7-17(4)16/h8,13H,5-7,12H2,1-4H3. The molecule has 1 aromatic rings. The Labute approximate surface area is 105 Å². The maximum Gasteiger partial charge on any atom is 0.148 e. The van der Waals surface area contributed by atoms with Gasteiger partial charge in [-0.2, -0.15) is 5.10 Å². The lowest BCUT2D eigenvalue weighted by Gasteiger charge is -2.15. The first-order valence-electron chi connectivity index (χ1n) is 5.85. The average molecular weight is 258 g/mol. The highest BCUT2D eigenvalue weighted by molar-refractivity contribution is 7.84. The zero-order valence-electron chi connectivity index (χ0n) is 11.0. The van der Waals surface area contributed by atoms with Gasteiger partial charge in [0.25, 0.3) is 0 Å². The number of nitrogens with zero attached hydrogens (tertiary/aromatic N) is 2. The van der Waals surface area contributed by atoms with Crippen molar-refractivity contribution in [2.45, 2.75) is 39.8 Å². The third-order valence-corrected chi connectivity index (χ3v) is 3.45. The lowest BCUT2D eigenvalue weighted by molar-refractivity contribution is 0.599. The van der Waals surface area contributed by atoms with Gasteiger partial charge in [0.05, 0.1) is 11.4 Å². The second-order valence-corrected chi connectivity index (χ2v) is 5.84. The Bertz CT molecular complexity index is 402. The minimum absolute atomic E-state index is 0.120. The molecule has 17 heavy (non-hydrogen) atoms. The summed E-state index contributed by atoms with van der Waals surface area (Å²) in [6.45, 7) is 6.83. The second-order valence-electron chi connectivity index (χ2n) is 4.36. The van der Waals surface area contributed by atoms with Crippen molar-refractivity contribution >= 4 is 22.3 Å². The van der Waals surface area contributed by atoms with Crippen molar-refractivity contribution in [3.8, 4) is 0 Å². The summed E-state index contributed by atoms with van der Waals surface area (Å²) in [4.78, 5) is 0. The van der Waals surface area contributed by atoms with Crippen molar-refractivity contribution < 1.29 is 4.21 Å². The summed E-state index contributed by atoms with van der Waals surface area (Å²) in [6, 6.07) is 0.120. The number of anilines is 2. The Morgan fingerprint density at radius 2 is 2.24 bits per heavy atom. The predicted octanol–water partition coefficient (Wildman–Crippen LogP) is 1.36. The topological polar surface area (TPSA) is 72.9 Å². The number of nitrogens with one attached hydrogen (secondary N) is 1. The Hall–Kier alpha value is -1.04. The molecule has 2 atom stereocenters. The van der Waals surface area contributed by atoms with Crippen molar-refractivity contribution in [2.75, 3.05) is 23.1 Å². The van der Waals surface area contributed by atoms with E-state index in [0.29, 0.717) is 11.4 Å². The first-order chi connectivity index (χ1) is 7.95. The molecule has 0 radical (unpaired) electrons. The quantitative estimate of drug-likeness (QED) is 0.808. The van der Waals surface area contributed by atoms with Crippen LogP contribution in [0.15, 0.2) is 0 Å². The van der Waals surface area contributed by atoms with Gasteiger partial charge in [-0.25, -0.2) is 4.68 Å². The number of hydrogen-bond donors (Lipinski definition) is 2. The third kappa shape index (κ3) is 3.73. The van der Waals surface area contributed by atoms with E-state index in [-0.39, 0.29) is 6.04 Å². The second kappa shape index (κ2) is 6.05. The van der Waals surface area contributed by atoms with E-state index < -0.39 is 10.8 Å². The van der Waals surface area contributed by atoms with Crippen molar-refractivity contribution in [1.82, 2.24) is 9.78 Å². The van der Waals surface area contributed by atoms with Gasteiger partial charge in [-0.1, -0.05) is 6.92 Å². The minimum atomic E-state index is -0.812. The molecule has 0 bridgehead atoms. The molecule has 0 spiro atoms. The minimum Gasteiger partial charge on any atom is -0.394 e. The molecule has 3 N–H and O–H groups in total. The third-order valence-electron chi connectivity index (χ3n) is 2.48. The fraction of sp³-hybridized carbons (Fsp3) is 0.727. The van der Waals surface area contributed by atoms with Crippen LogP contribution in [0.2, 0.25) is 0 Å². The number of nitrogen functional groups attached to an aromatic ring is 1. The van der Waals surface area contributed by atoms with Gasteiger partial charge >= 0.3 is 0 Å². The van der Waals surface area contributed by atoms with E-state index in [0.717, 1.165) is 24.5 Å². The molecule has 2 unspecified atom stereocenters. The number of hydrogen-bond acceptors (Lipinski definition) is 4. The van der Waals surface area contributed by atoms with Gasteiger partial charge in [0, 0.05) is 35.4 Å². The highest BCUT2D eigenvalue weighted by atomic mass is 32.2. The van der Waals surface area contributed by atoms with E-state index in [9.17, 15) is 4.21 Å². The van der Waals surface area contributed by atoms with Crippen LogP contribution in [0.4, 0.5) is 11.5 Å². The number of nitrogens with two attached hydrogens (primary N) is 1. The van der Waals surface area contributed by atoms with Gasteiger partial charge in [-0.3, -0.25) is 4.21 Å². The molecule has 0 aliphatic rings. The van der Waals surface area contributed by atoms with Gasteiger partial charge in [-0.05, 0) is 20.3 Å². The molecule has 1 rings (SSSR count). The molecular formula is C11H22N4OS. The van der Waals surface area contributed by atoms with E-state index in [2.05, 4.69) is 17.3 Å². The molecule has 0 aromatic carbocycles. The van der Waals surface area contributed by atoms with Crippen LogP contribution < -0.4 is 11.1 Å². The van der Waals surface area contributed by atoms with Crippen LogP contribution in [0.25, 0.3) is 0 Å². The maximum atomic E-state index is 11.2. The summed E-state index contributed by atoms with van der Waals surface area (Å²) in [6.07, 6.45) is 2.71. The molecule has 0 saturated carbocycles. The molecule has 0 fully saturated rings. The normalized spacial score (nSPS) is 14.6. The Morgan fingerprint density at radius 1 is 1.59 bits per heavy atom. The van der Waals surface area contributed by atoms with E-state index in [4.69, 9.17) is 5.73 Å². The van der Waals surface area contributed by atoms with E-state index >= 15 is 0 Å². The monoisotopic (exact) mass is 258 g/mol. The summed E-state index contributed by atoms with van der Waals surface area (Å²) in [7, 11) is -0.812. The van der Waals surface area contributed by atoms with E-state index in [1.165, 1.54) is 0 Å². The van der Waals surface area contributed by atoms with Gasteiger partial charge in [0.15, 0.2) is 0 Å². The molecule has 1 aromatic heterocycles. The van der Waals surface area contributed by atoms with Gasteiger partial charge in [-0.15, -0.1) is 0 Å². The Balaban J connectivity index is 2.84. The fourth-order valence-corrected chi connectivity index (χ4v) is 2.54. The highest BCUT2D eigenvalue weighted by Crippen LogP contribution is 2.23. The average Bonchev–Trinajstić information content (AvgIpc) is 2.45. The van der Waals surface area contributed by atoms with Crippen molar-refractivity contribution in [3.05, 3.63) is 5.69 Å².